The molecule has 2 unspecified atom stereocenters. The lowest BCUT2D eigenvalue weighted by atomic mass is 10.0. The first-order chi connectivity index (χ1) is 11.6. The molecule has 24 heavy (non-hydrogen) atoms. The molecular formula is C16H17N5O2S. The maximum Gasteiger partial charge on any atom is 0.244 e. The van der Waals surface area contributed by atoms with Crippen molar-refractivity contribution in [3.05, 3.63) is 42.2 Å². The van der Waals surface area contributed by atoms with E-state index >= 15 is 0 Å². The molecule has 2 aliphatic heterocycles. The zero-order valence-electron chi connectivity index (χ0n) is 13.0. The highest BCUT2D eigenvalue weighted by Gasteiger charge is 2.48. The summed E-state index contributed by atoms with van der Waals surface area (Å²) in [4.78, 5) is 1.80. The van der Waals surface area contributed by atoms with Crippen molar-refractivity contribution in [3.63, 3.8) is 0 Å². The third kappa shape index (κ3) is 2.32. The fraction of sp³-hybridized carbons (Fsp3) is 0.438. The Balaban J connectivity index is 1.67. The molecule has 3 heterocycles. The Morgan fingerprint density at radius 3 is 2.29 bits per heavy atom. The maximum absolute atomic E-state index is 13.2. The normalized spacial score (nSPS) is 27.0. The minimum atomic E-state index is -3.67. The average Bonchev–Trinajstić information content (AvgIpc) is 3.22. The highest BCUT2D eigenvalue weighted by Crippen LogP contribution is 2.43. The number of fused-ring (bicyclic) bond motifs is 2. The van der Waals surface area contributed by atoms with Crippen molar-refractivity contribution >= 4 is 10.0 Å². The number of hydrogen-bond donors (Lipinski definition) is 0. The van der Waals surface area contributed by atoms with Crippen LogP contribution in [0.4, 0.5) is 0 Å². The number of hydrogen-bond acceptors (Lipinski definition) is 5. The molecule has 1 aromatic heterocycles. The first-order valence-corrected chi connectivity index (χ1v) is 9.43. The van der Waals surface area contributed by atoms with E-state index in [1.807, 2.05) is 6.07 Å². The van der Waals surface area contributed by atoms with Crippen LogP contribution in [-0.2, 0) is 10.0 Å². The Bertz CT molecular complexity index is 873. The van der Waals surface area contributed by atoms with Crippen LogP contribution in [0.1, 0.15) is 37.3 Å². The molecule has 0 N–H and O–H groups in total. The van der Waals surface area contributed by atoms with Gasteiger partial charge in [0.25, 0.3) is 0 Å². The molecule has 0 spiro atoms. The zero-order valence-corrected chi connectivity index (χ0v) is 13.8. The summed E-state index contributed by atoms with van der Waals surface area (Å²) < 4.78 is 27.9. The van der Waals surface area contributed by atoms with Gasteiger partial charge in [0.15, 0.2) is 0 Å². The summed E-state index contributed by atoms with van der Waals surface area (Å²) >= 11 is 0. The fourth-order valence-corrected chi connectivity index (χ4v) is 6.04. The van der Waals surface area contributed by atoms with Crippen molar-refractivity contribution in [1.82, 2.24) is 19.3 Å². The Labute approximate surface area is 140 Å². The molecule has 2 aromatic rings. The van der Waals surface area contributed by atoms with Gasteiger partial charge >= 0.3 is 0 Å². The molecule has 0 radical (unpaired) electrons. The van der Waals surface area contributed by atoms with Crippen LogP contribution in [0.15, 0.2) is 41.6 Å². The highest BCUT2D eigenvalue weighted by atomic mass is 32.2. The number of rotatable bonds is 3. The monoisotopic (exact) mass is 343 g/mol. The van der Waals surface area contributed by atoms with Gasteiger partial charge in [-0.1, -0.05) is 12.1 Å². The summed E-state index contributed by atoms with van der Waals surface area (Å²) in [5.74, 6) is 0. The minimum absolute atomic E-state index is 0.0588. The standard InChI is InChI=1S/C16H17N5O2S/c17-11-12-3-1-2-4-16(12)24(22,23)20-13-5-6-14(20)10-15(9-13)21-18-7-8-19-21/h1-4,7-8,13-15H,5-6,9-10H2. The number of benzene rings is 1. The van der Waals surface area contributed by atoms with Crippen LogP contribution in [0.2, 0.25) is 0 Å². The van der Waals surface area contributed by atoms with E-state index in [0.29, 0.717) is 12.8 Å². The third-order valence-electron chi connectivity index (χ3n) is 4.97. The highest BCUT2D eigenvalue weighted by molar-refractivity contribution is 7.89. The molecule has 8 heteroatoms. The van der Waals surface area contributed by atoms with E-state index in [1.54, 1.807) is 39.7 Å². The van der Waals surface area contributed by atoms with Crippen molar-refractivity contribution in [3.8, 4) is 6.07 Å². The minimum Gasteiger partial charge on any atom is -0.207 e. The Kier molecular flexibility index (Phi) is 3.62. The Morgan fingerprint density at radius 2 is 1.67 bits per heavy atom. The van der Waals surface area contributed by atoms with Crippen molar-refractivity contribution in [1.29, 1.82) is 5.26 Å². The molecule has 124 valence electrons. The summed E-state index contributed by atoms with van der Waals surface area (Å²) in [6, 6.07) is 8.43. The lowest BCUT2D eigenvalue weighted by Gasteiger charge is -2.37. The van der Waals surface area contributed by atoms with Gasteiger partial charge in [0.1, 0.15) is 6.07 Å². The molecule has 0 saturated carbocycles. The predicted molar refractivity (Wildman–Crippen MR) is 85.3 cm³/mol. The molecule has 4 rings (SSSR count). The van der Waals surface area contributed by atoms with Crippen LogP contribution in [0.3, 0.4) is 0 Å². The van der Waals surface area contributed by atoms with E-state index < -0.39 is 10.0 Å². The molecule has 1 aromatic carbocycles. The van der Waals surface area contributed by atoms with E-state index in [2.05, 4.69) is 10.2 Å². The van der Waals surface area contributed by atoms with Crippen molar-refractivity contribution in [2.24, 2.45) is 0 Å². The van der Waals surface area contributed by atoms with Gasteiger partial charge in [0.05, 0.1) is 28.9 Å². The van der Waals surface area contributed by atoms with Gasteiger partial charge in [-0.3, -0.25) is 0 Å². The topological polar surface area (TPSA) is 91.9 Å². The molecule has 2 aliphatic rings. The summed E-state index contributed by atoms with van der Waals surface area (Å²) in [6.07, 6.45) is 6.40. The molecule has 2 fully saturated rings. The molecule has 0 amide bonds. The average molecular weight is 343 g/mol. The number of aromatic nitrogens is 3. The van der Waals surface area contributed by atoms with Crippen LogP contribution < -0.4 is 0 Å². The van der Waals surface area contributed by atoms with Crippen molar-refractivity contribution in [2.45, 2.75) is 48.7 Å². The number of piperidine rings is 1. The molecule has 2 atom stereocenters. The van der Waals surface area contributed by atoms with Gasteiger partial charge in [-0.25, -0.2) is 8.42 Å². The summed E-state index contributed by atoms with van der Waals surface area (Å²) in [5.41, 5.74) is 0.202. The van der Waals surface area contributed by atoms with Gasteiger partial charge in [-0.05, 0) is 37.8 Å². The molecular weight excluding hydrogens is 326 g/mol. The molecule has 0 aliphatic carbocycles. The van der Waals surface area contributed by atoms with Crippen LogP contribution in [0, 0.1) is 11.3 Å². The van der Waals surface area contributed by atoms with E-state index in [1.165, 1.54) is 6.07 Å². The molecule has 7 nitrogen and oxygen atoms in total. The van der Waals surface area contributed by atoms with E-state index in [9.17, 15) is 13.7 Å². The Hall–Kier alpha value is -2.24. The van der Waals surface area contributed by atoms with Crippen LogP contribution in [0.25, 0.3) is 0 Å². The third-order valence-corrected chi connectivity index (χ3v) is 7.03. The SMILES string of the molecule is N#Cc1ccccc1S(=O)(=O)N1C2CCC1CC(n1nccn1)C2. The predicted octanol–water partition coefficient (Wildman–Crippen LogP) is 1.71. The number of sulfonamides is 1. The summed E-state index contributed by atoms with van der Waals surface area (Å²) in [7, 11) is -3.67. The Morgan fingerprint density at radius 1 is 1.04 bits per heavy atom. The largest absolute Gasteiger partial charge is 0.244 e. The fourth-order valence-electron chi connectivity index (χ4n) is 4.00. The van der Waals surface area contributed by atoms with E-state index in [0.717, 1.165) is 12.8 Å². The van der Waals surface area contributed by atoms with Gasteiger partial charge in [-0.15, -0.1) is 0 Å². The summed E-state index contributed by atoms with van der Waals surface area (Å²) in [5, 5.41) is 17.6. The second kappa shape index (κ2) is 5.69. The van der Waals surface area contributed by atoms with E-state index in [4.69, 9.17) is 0 Å². The lowest BCUT2D eigenvalue weighted by molar-refractivity contribution is 0.174. The zero-order chi connectivity index (χ0) is 16.7. The van der Waals surface area contributed by atoms with Gasteiger partial charge < -0.3 is 0 Å². The van der Waals surface area contributed by atoms with Crippen LogP contribution in [-0.4, -0.2) is 39.8 Å². The van der Waals surface area contributed by atoms with Crippen LogP contribution >= 0.6 is 0 Å². The smallest absolute Gasteiger partial charge is 0.207 e. The van der Waals surface area contributed by atoms with Gasteiger partial charge in [0.2, 0.25) is 10.0 Å². The first kappa shape index (κ1) is 15.3. The second-order valence-corrected chi connectivity index (χ2v) is 8.11. The quantitative estimate of drug-likeness (QED) is 0.846. The first-order valence-electron chi connectivity index (χ1n) is 7.99. The second-order valence-electron chi connectivity index (χ2n) is 6.30. The van der Waals surface area contributed by atoms with Crippen LogP contribution in [0.5, 0.6) is 0 Å². The number of nitrogens with zero attached hydrogens (tertiary/aromatic N) is 5. The van der Waals surface area contributed by atoms with Crippen molar-refractivity contribution in [2.75, 3.05) is 0 Å². The van der Waals surface area contributed by atoms with Gasteiger partial charge in [0, 0.05) is 12.1 Å². The van der Waals surface area contributed by atoms with Gasteiger partial charge in [-0.2, -0.15) is 24.6 Å². The maximum atomic E-state index is 13.2. The lowest BCUT2D eigenvalue weighted by Crippen LogP contribution is -2.47. The number of nitriles is 1. The van der Waals surface area contributed by atoms with E-state index in [-0.39, 0.29) is 28.6 Å². The van der Waals surface area contributed by atoms with Crippen molar-refractivity contribution < 1.29 is 8.42 Å². The molecule has 2 saturated heterocycles. The summed E-state index contributed by atoms with van der Waals surface area (Å²) in [6.45, 7) is 0. The molecule has 2 bridgehead atoms.